The van der Waals surface area contributed by atoms with E-state index in [1.54, 1.807) is 34.2 Å². The Kier molecular flexibility index (Phi) is 6.05. The first-order chi connectivity index (χ1) is 13.8. The van der Waals surface area contributed by atoms with E-state index in [4.69, 9.17) is 0 Å². The van der Waals surface area contributed by atoms with Gasteiger partial charge in [0.1, 0.15) is 11.2 Å². The van der Waals surface area contributed by atoms with Crippen molar-refractivity contribution in [2.75, 3.05) is 26.2 Å². The number of amides is 4. The van der Waals surface area contributed by atoms with Gasteiger partial charge in [-0.25, -0.2) is 4.79 Å². The molecule has 0 aromatic carbocycles. The monoisotopic (exact) mass is 398 g/mol. The molecule has 7 heteroatoms. The van der Waals surface area contributed by atoms with E-state index in [-0.39, 0.29) is 23.8 Å². The Bertz CT molecular complexity index is 807. The second-order valence-electron chi connectivity index (χ2n) is 8.52. The summed E-state index contributed by atoms with van der Waals surface area (Å²) in [5, 5.41) is 0. The zero-order chi connectivity index (χ0) is 21.2. The van der Waals surface area contributed by atoms with Crippen LogP contribution in [0.25, 0.3) is 0 Å². The van der Waals surface area contributed by atoms with Crippen molar-refractivity contribution < 1.29 is 14.4 Å². The number of nitrogens with zero attached hydrogens (tertiary/aromatic N) is 4. The zero-order valence-electron chi connectivity index (χ0n) is 17.7. The van der Waals surface area contributed by atoms with Crippen LogP contribution >= 0.6 is 0 Å². The minimum atomic E-state index is -0.849. The second kappa shape index (κ2) is 8.35. The number of rotatable bonds is 5. The fourth-order valence-corrected chi connectivity index (χ4v) is 4.05. The van der Waals surface area contributed by atoms with Gasteiger partial charge in [0.05, 0.1) is 0 Å². The van der Waals surface area contributed by atoms with E-state index >= 15 is 0 Å². The van der Waals surface area contributed by atoms with Crippen LogP contribution in [0.2, 0.25) is 0 Å². The quantitative estimate of drug-likeness (QED) is 0.565. The summed E-state index contributed by atoms with van der Waals surface area (Å²) in [6.45, 7) is 9.69. The summed E-state index contributed by atoms with van der Waals surface area (Å²) in [5.41, 5.74) is 0.622. The molecular weight excluding hydrogens is 368 g/mol. The average Bonchev–Trinajstić information content (AvgIpc) is 2.88. The molecule has 3 heterocycles. The average molecular weight is 399 g/mol. The molecule has 2 saturated heterocycles. The normalized spacial score (nSPS) is 18.7. The van der Waals surface area contributed by atoms with Crippen LogP contribution in [-0.2, 0) is 4.79 Å². The summed E-state index contributed by atoms with van der Waals surface area (Å²) in [6.07, 6.45) is 4.41. The summed E-state index contributed by atoms with van der Waals surface area (Å²) >= 11 is 0. The van der Waals surface area contributed by atoms with Gasteiger partial charge in [-0.1, -0.05) is 31.6 Å². The smallest absolute Gasteiger partial charge is 0.327 e. The largest absolute Gasteiger partial charge is 0.337 e. The predicted octanol–water partition coefficient (Wildman–Crippen LogP) is 2.94. The van der Waals surface area contributed by atoms with E-state index in [1.807, 2.05) is 33.8 Å². The highest BCUT2D eigenvalue weighted by molar-refractivity contribution is 6.07. The number of urea groups is 1. The molecule has 1 aromatic heterocycles. The van der Waals surface area contributed by atoms with Crippen LogP contribution in [0.15, 0.2) is 36.0 Å². The number of hydrogen-bond acceptors (Lipinski definition) is 4. The molecule has 7 nitrogen and oxygen atoms in total. The highest BCUT2D eigenvalue weighted by Gasteiger charge is 2.57. The minimum Gasteiger partial charge on any atom is -0.337 e. The van der Waals surface area contributed by atoms with Crippen LogP contribution < -0.4 is 0 Å². The molecule has 1 aromatic rings. The summed E-state index contributed by atoms with van der Waals surface area (Å²) in [6, 6.07) is 5.04. The van der Waals surface area contributed by atoms with Crippen LogP contribution in [0.5, 0.6) is 0 Å². The molecule has 2 fully saturated rings. The number of piperidine rings is 1. The van der Waals surface area contributed by atoms with Crippen molar-refractivity contribution in [1.82, 2.24) is 19.7 Å². The van der Waals surface area contributed by atoms with Crippen LogP contribution in [0.1, 0.15) is 51.0 Å². The standard InChI is InChI=1S/C22H30N4O3/c1-16(2)8-12-25-20(28)22(26(21(25)29)15-17(3)4)9-13-24(14-10-22)19(27)18-7-5-6-11-23-18/h5-8,11,17H,9-10,12-15H2,1-4H3. The van der Waals surface area contributed by atoms with Crippen molar-refractivity contribution in [3.05, 3.63) is 41.7 Å². The number of pyridine rings is 1. The SMILES string of the molecule is CC(C)=CCN1C(=O)N(CC(C)C)C2(CCN(C(=O)c3ccccn3)CC2)C1=O. The Balaban J connectivity index is 1.81. The maximum Gasteiger partial charge on any atom is 0.327 e. The van der Waals surface area contributed by atoms with Gasteiger partial charge in [-0.15, -0.1) is 0 Å². The lowest BCUT2D eigenvalue weighted by Gasteiger charge is -2.42. The maximum absolute atomic E-state index is 13.4. The summed E-state index contributed by atoms with van der Waals surface area (Å²) < 4.78 is 0. The molecule has 0 unspecified atom stereocenters. The highest BCUT2D eigenvalue weighted by atomic mass is 16.2. The van der Waals surface area contributed by atoms with Crippen LogP contribution in [-0.4, -0.2) is 69.2 Å². The third kappa shape index (κ3) is 4.04. The lowest BCUT2D eigenvalue weighted by atomic mass is 9.85. The number of likely N-dealkylation sites (tertiary alicyclic amines) is 1. The van der Waals surface area contributed by atoms with E-state index < -0.39 is 5.54 Å². The Hall–Kier alpha value is -2.70. The van der Waals surface area contributed by atoms with Crippen molar-refractivity contribution >= 4 is 17.8 Å². The number of hydrogen-bond donors (Lipinski definition) is 0. The third-order valence-corrected chi connectivity index (χ3v) is 5.61. The van der Waals surface area contributed by atoms with Crippen molar-refractivity contribution in [3.8, 4) is 0 Å². The van der Waals surface area contributed by atoms with Crippen molar-refractivity contribution in [2.45, 2.75) is 46.1 Å². The fraction of sp³-hybridized carbons (Fsp3) is 0.545. The van der Waals surface area contributed by atoms with Crippen LogP contribution in [0.3, 0.4) is 0 Å². The minimum absolute atomic E-state index is 0.131. The summed E-state index contributed by atoms with van der Waals surface area (Å²) in [5.74, 6) is -0.0141. The van der Waals surface area contributed by atoms with E-state index in [0.717, 1.165) is 5.57 Å². The fourth-order valence-electron chi connectivity index (χ4n) is 4.05. The van der Waals surface area contributed by atoms with Gasteiger partial charge in [0.2, 0.25) is 0 Å². The summed E-state index contributed by atoms with van der Waals surface area (Å²) in [4.78, 5) is 48.2. The van der Waals surface area contributed by atoms with Crippen molar-refractivity contribution in [2.24, 2.45) is 5.92 Å². The number of carbonyl (C=O) groups is 3. The number of carbonyl (C=O) groups excluding carboxylic acids is 3. The summed E-state index contributed by atoms with van der Waals surface area (Å²) in [7, 11) is 0. The molecule has 0 saturated carbocycles. The predicted molar refractivity (Wildman–Crippen MR) is 110 cm³/mol. The van der Waals surface area contributed by atoms with E-state index in [2.05, 4.69) is 4.98 Å². The molecule has 3 rings (SSSR count). The van der Waals surface area contributed by atoms with Gasteiger partial charge in [-0.2, -0.15) is 0 Å². The first kappa shape index (κ1) is 21.0. The van der Waals surface area contributed by atoms with Crippen LogP contribution in [0.4, 0.5) is 4.79 Å². The third-order valence-electron chi connectivity index (χ3n) is 5.61. The first-order valence-electron chi connectivity index (χ1n) is 10.2. The molecule has 0 aliphatic carbocycles. The molecule has 0 radical (unpaired) electrons. The van der Waals surface area contributed by atoms with E-state index in [0.29, 0.717) is 44.7 Å². The van der Waals surface area contributed by atoms with Crippen molar-refractivity contribution in [1.29, 1.82) is 0 Å². The lowest BCUT2D eigenvalue weighted by molar-refractivity contribution is -0.135. The molecule has 156 valence electrons. The van der Waals surface area contributed by atoms with Gasteiger partial charge in [-0.3, -0.25) is 19.5 Å². The highest BCUT2D eigenvalue weighted by Crippen LogP contribution is 2.38. The van der Waals surface area contributed by atoms with E-state index in [9.17, 15) is 14.4 Å². The number of imide groups is 1. The van der Waals surface area contributed by atoms with Gasteiger partial charge >= 0.3 is 6.03 Å². The molecule has 0 atom stereocenters. The molecule has 29 heavy (non-hydrogen) atoms. The Labute approximate surface area is 172 Å². The molecular formula is C22H30N4O3. The Morgan fingerprint density at radius 3 is 2.45 bits per heavy atom. The topological polar surface area (TPSA) is 73.8 Å². The Morgan fingerprint density at radius 2 is 1.90 bits per heavy atom. The first-order valence-corrected chi connectivity index (χ1v) is 10.2. The molecule has 1 spiro atoms. The van der Waals surface area contributed by atoms with E-state index in [1.165, 1.54) is 4.90 Å². The van der Waals surface area contributed by atoms with Crippen LogP contribution in [0, 0.1) is 5.92 Å². The van der Waals surface area contributed by atoms with Gasteiger partial charge in [-0.05, 0) is 44.7 Å². The molecule has 4 amide bonds. The van der Waals surface area contributed by atoms with Crippen molar-refractivity contribution in [3.63, 3.8) is 0 Å². The zero-order valence-corrected chi connectivity index (χ0v) is 17.7. The van der Waals surface area contributed by atoms with Gasteiger partial charge in [0.25, 0.3) is 11.8 Å². The van der Waals surface area contributed by atoms with Gasteiger partial charge in [0, 0.05) is 32.4 Å². The maximum atomic E-state index is 13.4. The lowest BCUT2D eigenvalue weighted by Crippen LogP contribution is -2.58. The van der Waals surface area contributed by atoms with Gasteiger partial charge in [0.15, 0.2) is 0 Å². The van der Waals surface area contributed by atoms with Gasteiger partial charge < -0.3 is 9.80 Å². The molecule has 0 N–H and O–H groups in total. The number of aromatic nitrogens is 1. The Morgan fingerprint density at radius 1 is 1.21 bits per heavy atom. The number of allylic oxidation sites excluding steroid dienone is 1. The second-order valence-corrected chi connectivity index (χ2v) is 8.52. The molecule has 0 bridgehead atoms. The molecule has 2 aliphatic heterocycles. The molecule has 2 aliphatic rings.